The number of rotatable bonds is 3. The van der Waals surface area contributed by atoms with Crippen molar-refractivity contribution in [3.63, 3.8) is 0 Å². The zero-order valence-electron chi connectivity index (χ0n) is 7.58. The van der Waals surface area contributed by atoms with Crippen LogP contribution in [0.25, 0.3) is 0 Å². The molecule has 0 fully saturated rings. The predicted octanol–water partition coefficient (Wildman–Crippen LogP) is 2.12. The summed E-state index contributed by atoms with van der Waals surface area (Å²) >= 11 is 0. The highest BCUT2D eigenvalue weighted by atomic mass is 19.1. The van der Waals surface area contributed by atoms with Crippen LogP contribution in [0.1, 0.15) is 34.1 Å². The van der Waals surface area contributed by atoms with E-state index in [9.17, 15) is 14.0 Å². The van der Waals surface area contributed by atoms with E-state index >= 15 is 0 Å². The van der Waals surface area contributed by atoms with Crippen LogP contribution < -0.4 is 0 Å². The fourth-order valence-electron chi connectivity index (χ4n) is 1.16. The van der Waals surface area contributed by atoms with Crippen LogP contribution in [-0.2, 0) is 0 Å². The standard InChI is InChI=1S/C10H9FO3/c1-2-8(12)9-6(10(13)14)4-3-5-7(9)11/h3-5H,2H2,1H3,(H,13,14). The Bertz CT molecular complexity index is 385. The topological polar surface area (TPSA) is 54.4 Å². The minimum atomic E-state index is -1.29. The summed E-state index contributed by atoms with van der Waals surface area (Å²) in [4.78, 5) is 21.9. The van der Waals surface area contributed by atoms with Crippen molar-refractivity contribution < 1.29 is 19.1 Å². The Balaban J connectivity index is 3.36. The number of carboxylic acid groups (broad SMARTS) is 1. The number of hydrogen-bond acceptors (Lipinski definition) is 2. The quantitative estimate of drug-likeness (QED) is 0.753. The highest BCUT2D eigenvalue weighted by Gasteiger charge is 2.18. The normalized spacial score (nSPS) is 9.86. The molecule has 0 heterocycles. The molecular weight excluding hydrogens is 187 g/mol. The van der Waals surface area contributed by atoms with Crippen LogP contribution in [0.3, 0.4) is 0 Å². The Kier molecular flexibility index (Phi) is 2.96. The van der Waals surface area contributed by atoms with Crippen LogP contribution in [0, 0.1) is 5.82 Å². The van der Waals surface area contributed by atoms with E-state index < -0.39 is 17.6 Å². The number of Topliss-reactive ketones (excluding diaryl/α,β-unsaturated/α-hetero) is 1. The number of carbonyl (C=O) groups excluding carboxylic acids is 1. The molecule has 0 amide bonds. The van der Waals surface area contributed by atoms with Gasteiger partial charge in [0.25, 0.3) is 0 Å². The summed E-state index contributed by atoms with van der Waals surface area (Å²) in [7, 11) is 0. The number of hydrogen-bond donors (Lipinski definition) is 1. The Morgan fingerprint density at radius 1 is 1.43 bits per heavy atom. The fourth-order valence-corrected chi connectivity index (χ4v) is 1.16. The van der Waals surface area contributed by atoms with Crippen molar-refractivity contribution in [1.82, 2.24) is 0 Å². The van der Waals surface area contributed by atoms with Crippen molar-refractivity contribution in [2.24, 2.45) is 0 Å². The van der Waals surface area contributed by atoms with Gasteiger partial charge in [-0.3, -0.25) is 4.79 Å². The van der Waals surface area contributed by atoms with Gasteiger partial charge in [0.05, 0.1) is 11.1 Å². The van der Waals surface area contributed by atoms with Gasteiger partial charge in [-0.15, -0.1) is 0 Å². The van der Waals surface area contributed by atoms with Crippen LogP contribution >= 0.6 is 0 Å². The van der Waals surface area contributed by atoms with E-state index in [2.05, 4.69) is 0 Å². The molecule has 3 nitrogen and oxygen atoms in total. The smallest absolute Gasteiger partial charge is 0.336 e. The first-order valence-electron chi connectivity index (χ1n) is 4.13. The molecule has 0 aliphatic carbocycles. The predicted molar refractivity (Wildman–Crippen MR) is 48.0 cm³/mol. The second-order valence-corrected chi connectivity index (χ2v) is 2.74. The SMILES string of the molecule is CCC(=O)c1c(F)cccc1C(=O)O. The molecule has 1 aromatic carbocycles. The van der Waals surface area contributed by atoms with Gasteiger partial charge in [0.2, 0.25) is 0 Å². The maximum Gasteiger partial charge on any atom is 0.336 e. The number of carbonyl (C=O) groups is 2. The van der Waals surface area contributed by atoms with E-state index in [-0.39, 0.29) is 17.5 Å². The summed E-state index contributed by atoms with van der Waals surface area (Å²) in [6.45, 7) is 1.56. The molecule has 1 rings (SSSR count). The minimum absolute atomic E-state index is 0.0845. The Labute approximate surface area is 80.2 Å². The fraction of sp³-hybridized carbons (Fsp3) is 0.200. The van der Waals surface area contributed by atoms with Gasteiger partial charge in [0, 0.05) is 6.42 Å². The number of ketones is 1. The molecular formula is C10H9FO3. The number of halogens is 1. The summed E-state index contributed by atoms with van der Waals surface area (Å²) in [5.41, 5.74) is -0.612. The largest absolute Gasteiger partial charge is 0.478 e. The first kappa shape index (κ1) is 10.4. The molecule has 0 aromatic heterocycles. The van der Waals surface area contributed by atoms with E-state index in [0.717, 1.165) is 6.07 Å². The molecule has 0 saturated carbocycles. The molecule has 0 aliphatic heterocycles. The molecule has 14 heavy (non-hydrogen) atoms. The van der Waals surface area contributed by atoms with Crippen molar-refractivity contribution >= 4 is 11.8 Å². The lowest BCUT2D eigenvalue weighted by Crippen LogP contribution is -2.10. The van der Waals surface area contributed by atoms with Gasteiger partial charge in [-0.25, -0.2) is 9.18 Å². The second-order valence-electron chi connectivity index (χ2n) is 2.74. The molecule has 0 aliphatic rings. The molecule has 1 N–H and O–H groups in total. The lowest BCUT2D eigenvalue weighted by Gasteiger charge is -2.04. The van der Waals surface area contributed by atoms with Gasteiger partial charge in [-0.1, -0.05) is 13.0 Å². The third-order valence-corrected chi connectivity index (χ3v) is 1.84. The second kappa shape index (κ2) is 4.00. The van der Waals surface area contributed by atoms with E-state index in [1.165, 1.54) is 12.1 Å². The lowest BCUT2D eigenvalue weighted by molar-refractivity contribution is 0.0691. The van der Waals surface area contributed by atoms with Gasteiger partial charge < -0.3 is 5.11 Å². The molecule has 0 atom stereocenters. The highest BCUT2D eigenvalue weighted by Crippen LogP contribution is 2.15. The van der Waals surface area contributed by atoms with Gasteiger partial charge in [0.15, 0.2) is 5.78 Å². The van der Waals surface area contributed by atoms with Crippen LogP contribution in [-0.4, -0.2) is 16.9 Å². The third-order valence-electron chi connectivity index (χ3n) is 1.84. The van der Waals surface area contributed by atoms with Gasteiger partial charge >= 0.3 is 5.97 Å². The molecule has 0 unspecified atom stereocenters. The molecule has 0 radical (unpaired) electrons. The Hall–Kier alpha value is -1.71. The molecule has 0 bridgehead atoms. The molecule has 0 saturated heterocycles. The number of benzene rings is 1. The Morgan fingerprint density at radius 3 is 2.57 bits per heavy atom. The summed E-state index contributed by atoms with van der Waals surface area (Å²) in [5, 5.41) is 8.72. The average Bonchev–Trinajstić information content (AvgIpc) is 2.16. The maximum atomic E-state index is 13.2. The first-order valence-corrected chi connectivity index (χ1v) is 4.13. The first-order chi connectivity index (χ1) is 6.57. The summed E-state index contributed by atoms with van der Waals surface area (Å²) in [6, 6.07) is 3.56. The molecule has 4 heteroatoms. The monoisotopic (exact) mass is 196 g/mol. The number of carboxylic acids is 1. The van der Waals surface area contributed by atoms with Crippen molar-refractivity contribution in [2.45, 2.75) is 13.3 Å². The van der Waals surface area contributed by atoms with Crippen LogP contribution in [0.15, 0.2) is 18.2 Å². The summed E-state index contributed by atoms with van der Waals surface area (Å²) < 4.78 is 13.2. The molecule has 74 valence electrons. The van der Waals surface area contributed by atoms with E-state index in [0.29, 0.717) is 0 Å². The highest BCUT2D eigenvalue weighted by molar-refractivity contribution is 6.05. The van der Waals surface area contributed by atoms with Crippen molar-refractivity contribution in [1.29, 1.82) is 0 Å². The molecule has 0 spiro atoms. The lowest BCUT2D eigenvalue weighted by atomic mass is 10.0. The molecule has 1 aromatic rings. The van der Waals surface area contributed by atoms with Gasteiger partial charge in [-0.2, -0.15) is 0 Å². The van der Waals surface area contributed by atoms with Crippen LogP contribution in [0.5, 0.6) is 0 Å². The zero-order chi connectivity index (χ0) is 10.7. The summed E-state index contributed by atoms with van der Waals surface area (Å²) in [5.74, 6) is -2.57. The van der Waals surface area contributed by atoms with E-state index in [1.54, 1.807) is 6.92 Å². The van der Waals surface area contributed by atoms with Crippen LogP contribution in [0.4, 0.5) is 4.39 Å². The summed E-state index contributed by atoms with van der Waals surface area (Å²) in [6.07, 6.45) is 0.0845. The number of aromatic carboxylic acids is 1. The van der Waals surface area contributed by atoms with Crippen molar-refractivity contribution in [3.8, 4) is 0 Å². The Morgan fingerprint density at radius 2 is 2.07 bits per heavy atom. The zero-order valence-corrected chi connectivity index (χ0v) is 7.58. The van der Waals surface area contributed by atoms with E-state index in [4.69, 9.17) is 5.11 Å². The van der Waals surface area contributed by atoms with Crippen LogP contribution in [0.2, 0.25) is 0 Å². The van der Waals surface area contributed by atoms with Crippen molar-refractivity contribution in [2.75, 3.05) is 0 Å². The minimum Gasteiger partial charge on any atom is -0.478 e. The van der Waals surface area contributed by atoms with Crippen molar-refractivity contribution in [3.05, 3.63) is 35.1 Å². The average molecular weight is 196 g/mol. The maximum absolute atomic E-state index is 13.2. The van der Waals surface area contributed by atoms with E-state index in [1.807, 2.05) is 0 Å². The van der Waals surface area contributed by atoms with Gasteiger partial charge in [-0.05, 0) is 12.1 Å². The van der Waals surface area contributed by atoms with Gasteiger partial charge in [0.1, 0.15) is 5.82 Å². The third kappa shape index (κ3) is 1.79.